The Morgan fingerprint density at radius 2 is 1.91 bits per heavy atom. The second-order valence-corrected chi connectivity index (χ2v) is 7.30. The molecule has 0 amide bonds. The van der Waals surface area contributed by atoms with Crippen molar-refractivity contribution in [3.05, 3.63) is 22.9 Å². The minimum absolute atomic E-state index is 0.0633. The molecule has 128 valence electrons. The smallest absolute Gasteiger partial charge is 0.385 e. The highest BCUT2D eigenvalue weighted by atomic mass is 32.2. The fourth-order valence-electron chi connectivity index (χ4n) is 3.24. The Hall–Kier alpha value is -0.890. The Bertz CT molecular complexity index is 602. The summed E-state index contributed by atoms with van der Waals surface area (Å²) in [5, 5.41) is 10.2. The van der Waals surface area contributed by atoms with Crippen LogP contribution in [0, 0.1) is 0 Å². The van der Waals surface area contributed by atoms with Crippen LogP contribution in [0.15, 0.2) is 11.2 Å². The molecule has 1 aromatic heterocycles. The van der Waals surface area contributed by atoms with Gasteiger partial charge in [-0.05, 0) is 24.8 Å². The molecule has 0 aliphatic heterocycles. The summed E-state index contributed by atoms with van der Waals surface area (Å²) in [5.41, 5.74) is -1.33. The molecule has 1 heterocycles. The molecule has 1 N–H and O–H groups in total. The van der Waals surface area contributed by atoms with E-state index < -0.39 is 41.7 Å². The Morgan fingerprint density at radius 1 is 1.26 bits per heavy atom. The number of aromatic nitrogens is 1. The summed E-state index contributed by atoms with van der Waals surface area (Å²) in [6, 6.07) is 0. The lowest BCUT2D eigenvalue weighted by molar-refractivity contribution is -0.139. The summed E-state index contributed by atoms with van der Waals surface area (Å²) in [6.45, 7) is 1.66. The third-order valence-electron chi connectivity index (χ3n) is 4.54. The first-order chi connectivity index (χ1) is 10.7. The van der Waals surface area contributed by atoms with Crippen molar-refractivity contribution in [2.24, 2.45) is 0 Å². The normalized spacial score (nSPS) is 33.4. The molecule has 23 heavy (non-hydrogen) atoms. The van der Waals surface area contributed by atoms with Crippen LogP contribution in [0.25, 0.3) is 0 Å². The fourth-order valence-corrected chi connectivity index (χ4v) is 4.67. The van der Waals surface area contributed by atoms with Crippen molar-refractivity contribution >= 4 is 11.8 Å². The van der Waals surface area contributed by atoms with E-state index in [-0.39, 0.29) is 22.3 Å². The van der Waals surface area contributed by atoms with Crippen LogP contribution in [0.5, 0.6) is 0 Å². The Morgan fingerprint density at radius 3 is 2.43 bits per heavy atom. The molecule has 0 saturated heterocycles. The van der Waals surface area contributed by atoms with Crippen LogP contribution in [0.2, 0.25) is 0 Å². The molecule has 2 aliphatic carbocycles. The molecule has 0 bridgehead atoms. The summed E-state index contributed by atoms with van der Waals surface area (Å²) >= 11 is 1.19. The molecular formula is C15H16F5NOS. The summed E-state index contributed by atoms with van der Waals surface area (Å²) in [6.07, 6.45) is -7.62. The number of hydrogen-bond acceptors (Lipinski definition) is 3. The van der Waals surface area contributed by atoms with Crippen molar-refractivity contribution in [3.8, 4) is 0 Å². The lowest BCUT2D eigenvalue weighted by Crippen LogP contribution is -2.27. The maximum absolute atomic E-state index is 14.3. The lowest BCUT2D eigenvalue weighted by Gasteiger charge is -2.29. The Balaban J connectivity index is 2.06. The highest BCUT2D eigenvalue weighted by molar-refractivity contribution is 8.00. The first kappa shape index (κ1) is 17.0. The zero-order valence-electron chi connectivity index (χ0n) is 12.3. The molecule has 8 heteroatoms. The Labute approximate surface area is 134 Å². The summed E-state index contributed by atoms with van der Waals surface area (Å²) in [7, 11) is 0. The molecule has 3 atom stereocenters. The maximum Gasteiger partial charge on any atom is 0.418 e. The molecule has 1 fully saturated rings. The van der Waals surface area contributed by atoms with E-state index in [0.29, 0.717) is 19.0 Å². The molecule has 0 aromatic carbocycles. The molecule has 3 rings (SSSR count). The van der Waals surface area contributed by atoms with Crippen molar-refractivity contribution in [1.82, 2.24) is 4.98 Å². The number of halogens is 5. The SMILES string of the molecule is CCC1c2c(SC3CC(F)C3)ncc(C(F)(F)F)c2C(O)C1F. The molecule has 0 radical (unpaired) electrons. The number of thioether (sulfide) groups is 1. The monoisotopic (exact) mass is 353 g/mol. The number of alkyl halides is 5. The third-order valence-corrected chi connectivity index (χ3v) is 5.80. The number of hydrogen-bond donors (Lipinski definition) is 1. The van der Waals surface area contributed by atoms with Gasteiger partial charge in [-0.1, -0.05) is 6.92 Å². The van der Waals surface area contributed by atoms with Crippen molar-refractivity contribution in [2.75, 3.05) is 0 Å². The number of rotatable bonds is 3. The average Bonchev–Trinajstić information content (AvgIpc) is 2.69. The van der Waals surface area contributed by atoms with Crippen LogP contribution in [-0.2, 0) is 6.18 Å². The van der Waals surface area contributed by atoms with E-state index in [9.17, 15) is 27.1 Å². The third kappa shape index (κ3) is 2.84. The van der Waals surface area contributed by atoms with Gasteiger partial charge in [-0.15, -0.1) is 11.8 Å². The van der Waals surface area contributed by atoms with E-state index in [1.165, 1.54) is 11.8 Å². The molecular weight excluding hydrogens is 337 g/mol. The van der Waals surface area contributed by atoms with Gasteiger partial charge in [-0.2, -0.15) is 13.2 Å². The molecule has 0 spiro atoms. The highest BCUT2D eigenvalue weighted by Gasteiger charge is 2.48. The van der Waals surface area contributed by atoms with E-state index in [1.54, 1.807) is 6.92 Å². The van der Waals surface area contributed by atoms with Gasteiger partial charge in [-0.25, -0.2) is 13.8 Å². The second-order valence-electron chi connectivity index (χ2n) is 6.01. The predicted molar refractivity (Wildman–Crippen MR) is 75.9 cm³/mol. The number of fused-ring (bicyclic) bond motifs is 1. The summed E-state index contributed by atoms with van der Waals surface area (Å²) in [4.78, 5) is 3.87. The maximum atomic E-state index is 14.3. The molecule has 1 saturated carbocycles. The molecule has 3 unspecified atom stereocenters. The van der Waals surface area contributed by atoms with Crippen molar-refractivity contribution in [1.29, 1.82) is 0 Å². The summed E-state index contributed by atoms with van der Waals surface area (Å²) < 4.78 is 66.8. The predicted octanol–water partition coefficient (Wildman–Crippen LogP) is 4.57. The molecule has 1 aromatic rings. The van der Waals surface area contributed by atoms with Gasteiger partial charge >= 0.3 is 6.18 Å². The zero-order valence-corrected chi connectivity index (χ0v) is 13.1. The van der Waals surface area contributed by atoms with Gasteiger partial charge in [0.1, 0.15) is 23.5 Å². The number of aliphatic hydroxyl groups excluding tert-OH is 1. The van der Waals surface area contributed by atoms with Gasteiger partial charge in [0.15, 0.2) is 0 Å². The van der Waals surface area contributed by atoms with Crippen LogP contribution in [0.4, 0.5) is 22.0 Å². The zero-order chi connectivity index (χ0) is 16.9. The average molecular weight is 353 g/mol. The van der Waals surface area contributed by atoms with E-state index in [0.717, 1.165) is 0 Å². The second kappa shape index (κ2) is 5.88. The number of pyridine rings is 1. The van der Waals surface area contributed by atoms with E-state index >= 15 is 0 Å². The van der Waals surface area contributed by atoms with Crippen LogP contribution in [0.1, 0.15) is 54.9 Å². The minimum atomic E-state index is -4.70. The van der Waals surface area contributed by atoms with Crippen LogP contribution in [-0.4, -0.2) is 27.7 Å². The van der Waals surface area contributed by atoms with Gasteiger partial charge in [0.05, 0.1) is 5.56 Å². The minimum Gasteiger partial charge on any atom is -0.385 e. The molecule has 2 aliphatic rings. The van der Waals surface area contributed by atoms with E-state index in [4.69, 9.17) is 0 Å². The molecule has 2 nitrogen and oxygen atoms in total. The van der Waals surface area contributed by atoms with Crippen molar-refractivity contribution in [3.63, 3.8) is 0 Å². The van der Waals surface area contributed by atoms with Crippen molar-refractivity contribution in [2.45, 2.75) is 67.0 Å². The van der Waals surface area contributed by atoms with Gasteiger partial charge in [0.2, 0.25) is 0 Å². The number of nitrogens with zero attached hydrogens (tertiary/aromatic N) is 1. The van der Waals surface area contributed by atoms with Crippen LogP contribution >= 0.6 is 11.8 Å². The van der Waals surface area contributed by atoms with Gasteiger partial charge in [-0.3, -0.25) is 0 Å². The topological polar surface area (TPSA) is 33.1 Å². The fraction of sp³-hybridized carbons (Fsp3) is 0.667. The lowest BCUT2D eigenvalue weighted by atomic mass is 9.97. The van der Waals surface area contributed by atoms with Crippen LogP contribution in [0.3, 0.4) is 0 Å². The van der Waals surface area contributed by atoms with Gasteiger partial charge < -0.3 is 5.11 Å². The van der Waals surface area contributed by atoms with E-state index in [1.807, 2.05) is 0 Å². The Kier molecular flexibility index (Phi) is 4.33. The first-order valence-electron chi connectivity index (χ1n) is 7.46. The quantitative estimate of drug-likeness (QED) is 0.808. The van der Waals surface area contributed by atoms with E-state index in [2.05, 4.69) is 4.98 Å². The highest BCUT2D eigenvalue weighted by Crippen LogP contribution is 2.52. The largest absolute Gasteiger partial charge is 0.418 e. The van der Waals surface area contributed by atoms with Crippen molar-refractivity contribution < 1.29 is 27.1 Å². The standard InChI is InChI=1S/C15H16F5NOS/c1-2-8-10-11(13(22)12(8)17)9(15(18,19)20)5-21-14(10)23-7-3-6(16)4-7/h5-8,12-13,22H,2-4H2,1H3. The first-order valence-corrected chi connectivity index (χ1v) is 8.34. The summed E-state index contributed by atoms with van der Waals surface area (Å²) in [5.74, 6) is -0.821. The van der Waals surface area contributed by atoms with Crippen LogP contribution < -0.4 is 0 Å². The van der Waals surface area contributed by atoms with Gasteiger partial charge in [0, 0.05) is 22.9 Å². The van der Waals surface area contributed by atoms with Gasteiger partial charge in [0.25, 0.3) is 0 Å². The number of aliphatic hydroxyl groups is 1.